The molecule has 0 fully saturated rings. The molecule has 114 valence electrons. The number of ether oxygens (including phenoxy) is 2. The van der Waals surface area contributed by atoms with Crippen LogP contribution in [-0.4, -0.2) is 25.5 Å². The van der Waals surface area contributed by atoms with Gasteiger partial charge in [0.2, 0.25) is 0 Å². The van der Waals surface area contributed by atoms with E-state index in [1.165, 1.54) is 16.3 Å². The predicted octanol–water partition coefficient (Wildman–Crippen LogP) is 3.72. The molecule has 0 saturated heterocycles. The van der Waals surface area contributed by atoms with Crippen molar-refractivity contribution in [2.75, 3.05) is 13.2 Å². The minimum atomic E-state index is -0.199. The number of benzene rings is 2. The summed E-state index contributed by atoms with van der Waals surface area (Å²) < 4.78 is 11.3. The van der Waals surface area contributed by atoms with Gasteiger partial charge in [0, 0.05) is 19.8 Å². The molecular formula is C18H25NO2. The smallest absolute Gasteiger partial charge is 0.172 e. The number of hydrogen-bond donors (Lipinski definition) is 1. The fourth-order valence-corrected chi connectivity index (χ4v) is 2.48. The first-order chi connectivity index (χ1) is 10.3. The van der Waals surface area contributed by atoms with Gasteiger partial charge in [-0.2, -0.15) is 0 Å². The molecule has 2 aromatic rings. The lowest BCUT2D eigenvalue weighted by Crippen LogP contribution is -2.40. The van der Waals surface area contributed by atoms with E-state index in [9.17, 15) is 0 Å². The fourth-order valence-electron chi connectivity index (χ4n) is 2.48. The van der Waals surface area contributed by atoms with Crippen molar-refractivity contribution < 1.29 is 9.47 Å². The van der Waals surface area contributed by atoms with Crippen LogP contribution in [0.2, 0.25) is 0 Å². The molecule has 0 aromatic heterocycles. The zero-order chi connectivity index (χ0) is 15.1. The fraction of sp³-hybridized carbons (Fsp3) is 0.444. The van der Waals surface area contributed by atoms with Gasteiger partial charge >= 0.3 is 0 Å². The molecule has 1 unspecified atom stereocenters. The zero-order valence-electron chi connectivity index (χ0n) is 13.1. The Morgan fingerprint density at radius 3 is 2.33 bits per heavy atom. The van der Waals surface area contributed by atoms with E-state index >= 15 is 0 Å². The molecule has 0 saturated carbocycles. The number of fused-ring (bicyclic) bond motifs is 1. The van der Waals surface area contributed by atoms with Gasteiger partial charge in [-0.05, 0) is 37.1 Å². The molecule has 0 heterocycles. The summed E-state index contributed by atoms with van der Waals surface area (Å²) in [6.45, 7) is 8.20. The predicted molar refractivity (Wildman–Crippen MR) is 87.3 cm³/mol. The standard InChI is InChI=1S/C18H25NO2/c1-4-20-18(21-5-2)14(3)19-13-16-11-8-10-15-9-6-7-12-17(15)16/h6-12,14,18-19H,4-5,13H2,1-3H3. The van der Waals surface area contributed by atoms with Crippen LogP contribution in [0.25, 0.3) is 10.8 Å². The van der Waals surface area contributed by atoms with Crippen molar-refractivity contribution in [2.45, 2.75) is 39.6 Å². The van der Waals surface area contributed by atoms with E-state index in [4.69, 9.17) is 9.47 Å². The molecule has 0 aliphatic carbocycles. The third-order valence-corrected chi connectivity index (χ3v) is 3.56. The van der Waals surface area contributed by atoms with Crippen LogP contribution < -0.4 is 5.32 Å². The second-order valence-corrected chi connectivity index (χ2v) is 5.09. The van der Waals surface area contributed by atoms with Crippen LogP contribution in [0, 0.1) is 0 Å². The van der Waals surface area contributed by atoms with Gasteiger partial charge in [-0.15, -0.1) is 0 Å². The summed E-state index contributed by atoms with van der Waals surface area (Å²) in [5.74, 6) is 0. The largest absolute Gasteiger partial charge is 0.351 e. The minimum Gasteiger partial charge on any atom is -0.351 e. The normalized spacial score (nSPS) is 13.0. The third-order valence-electron chi connectivity index (χ3n) is 3.56. The number of rotatable bonds is 8. The first-order valence-electron chi connectivity index (χ1n) is 7.69. The summed E-state index contributed by atoms with van der Waals surface area (Å²) in [7, 11) is 0. The Labute approximate surface area is 127 Å². The van der Waals surface area contributed by atoms with Crippen molar-refractivity contribution >= 4 is 10.8 Å². The highest BCUT2D eigenvalue weighted by molar-refractivity contribution is 5.85. The summed E-state index contributed by atoms with van der Waals surface area (Å²) >= 11 is 0. The van der Waals surface area contributed by atoms with Gasteiger partial charge in [0.1, 0.15) is 0 Å². The van der Waals surface area contributed by atoms with Gasteiger partial charge in [-0.3, -0.25) is 0 Å². The van der Waals surface area contributed by atoms with Gasteiger partial charge in [0.25, 0.3) is 0 Å². The molecule has 0 bridgehead atoms. The van der Waals surface area contributed by atoms with Crippen LogP contribution in [0.15, 0.2) is 42.5 Å². The van der Waals surface area contributed by atoms with E-state index in [1.807, 2.05) is 13.8 Å². The highest BCUT2D eigenvalue weighted by atomic mass is 16.7. The van der Waals surface area contributed by atoms with Crippen LogP contribution in [0.3, 0.4) is 0 Å². The summed E-state index contributed by atoms with van der Waals surface area (Å²) in [4.78, 5) is 0. The van der Waals surface area contributed by atoms with E-state index < -0.39 is 0 Å². The van der Waals surface area contributed by atoms with Crippen molar-refractivity contribution in [1.29, 1.82) is 0 Å². The van der Waals surface area contributed by atoms with Crippen LogP contribution in [-0.2, 0) is 16.0 Å². The van der Waals surface area contributed by atoms with Crippen molar-refractivity contribution in [3.8, 4) is 0 Å². The number of nitrogens with one attached hydrogen (secondary N) is 1. The summed E-state index contributed by atoms with van der Waals surface area (Å²) in [5.41, 5.74) is 1.30. The zero-order valence-corrected chi connectivity index (χ0v) is 13.1. The maximum absolute atomic E-state index is 5.64. The van der Waals surface area contributed by atoms with E-state index in [0.717, 1.165) is 6.54 Å². The second-order valence-electron chi connectivity index (χ2n) is 5.09. The maximum atomic E-state index is 5.64. The topological polar surface area (TPSA) is 30.5 Å². The van der Waals surface area contributed by atoms with E-state index in [2.05, 4.69) is 54.7 Å². The Morgan fingerprint density at radius 1 is 0.952 bits per heavy atom. The summed E-state index contributed by atoms with van der Waals surface area (Å²) in [5, 5.41) is 6.08. The molecule has 1 N–H and O–H groups in total. The van der Waals surface area contributed by atoms with Gasteiger partial charge < -0.3 is 14.8 Å². The van der Waals surface area contributed by atoms with E-state index in [-0.39, 0.29) is 12.3 Å². The highest BCUT2D eigenvalue weighted by Gasteiger charge is 2.17. The minimum absolute atomic E-state index is 0.142. The summed E-state index contributed by atoms with van der Waals surface area (Å²) in [6, 6.07) is 15.0. The molecule has 0 aliphatic heterocycles. The van der Waals surface area contributed by atoms with Gasteiger partial charge in [0.15, 0.2) is 6.29 Å². The Hall–Kier alpha value is -1.42. The van der Waals surface area contributed by atoms with Crippen molar-refractivity contribution in [3.05, 3.63) is 48.0 Å². The van der Waals surface area contributed by atoms with Crippen LogP contribution >= 0.6 is 0 Å². The molecule has 21 heavy (non-hydrogen) atoms. The van der Waals surface area contributed by atoms with Crippen molar-refractivity contribution in [1.82, 2.24) is 5.32 Å². The van der Waals surface area contributed by atoms with Crippen LogP contribution in [0.4, 0.5) is 0 Å². The molecule has 0 radical (unpaired) electrons. The summed E-state index contributed by atoms with van der Waals surface area (Å²) in [6.07, 6.45) is -0.199. The molecule has 0 spiro atoms. The highest BCUT2D eigenvalue weighted by Crippen LogP contribution is 2.18. The van der Waals surface area contributed by atoms with Gasteiger partial charge in [0.05, 0.1) is 6.04 Å². The Bertz CT molecular complexity index is 544. The van der Waals surface area contributed by atoms with Gasteiger partial charge in [-0.1, -0.05) is 42.5 Å². The van der Waals surface area contributed by atoms with Gasteiger partial charge in [-0.25, -0.2) is 0 Å². The first kappa shape index (κ1) is 16.0. The number of hydrogen-bond acceptors (Lipinski definition) is 3. The second kappa shape index (κ2) is 8.13. The van der Waals surface area contributed by atoms with Crippen LogP contribution in [0.5, 0.6) is 0 Å². The maximum Gasteiger partial charge on any atom is 0.172 e. The third kappa shape index (κ3) is 4.27. The Balaban J connectivity index is 2.03. The SMILES string of the molecule is CCOC(OCC)C(C)NCc1cccc2ccccc12. The first-order valence-corrected chi connectivity index (χ1v) is 7.69. The Kier molecular flexibility index (Phi) is 6.18. The molecule has 3 nitrogen and oxygen atoms in total. The van der Waals surface area contributed by atoms with Crippen molar-refractivity contribution in [2.24, 2.45) is 0 Å². The molecule has 3 heteroatoms. The van der Waals surface area contributed by atoms with E-state index in [0.29, 0.717) is 13.2 Å². The average Bonchev–Trinajstić information content (AvgIpc) is 2.52. The molecule has 0 amide bonds. The lowest BCUT2D eigenvalue weighted by atomic mass is 10.0. The lowest BCUT2D eigenvalue weighted by molar-refractivity contribution is -0.151. The molecule has 0 aliphatic rings. The molecule has 2 rings (SSSR count). The van der Waals surface area contributed by atoms with Crippen molar-refractivity contribution in [3.63, 3.8) is 0 Å². The lowest BCUT2D eigenvalue weighted by Gasteiger charge is -2.24. The average molecular weight is 287 g/mol. The van der Waals surface area contributed by atoms with E-state index in [1.54, 1.807) is 0 Å². The van der Waals surface area contributed by atoms with Crippen LogP contribution in [0.1, 0.15) is 26.3 Å². The quantitative estimate of drug-likeness (QED) is 0.751. The molecule has 1 atom stereocenters. The Morgan fingerprint density at radius 2 is 1.62 bits per heavy atom. The molecule has 2 aromatic carbocycles. The molecular weight excluding hydrogens is 262 g/mol. The monoisotopic (exact) mass is 287 g/mol.